The number of rotatable bonds is 7. The van der Waals surface area contributed by atoms with E-state index in [0.717, 1.165) is 18.8 Å². The van der Waals surface area contributed by atoms with E-state index in [0.29, 0.717) is 11.1 Å². The van der Waals surface area contributed by atoms with Crippen LogP contribution in [0.5, 0.6) is 5.75 Å². The van der Waals surface area contributed by atoms with Gasteiger partial charge in [0.15, 0.2) is 0 Å². The van der Waals surface area contributed by atoms with Crippen LogP contribution in [-0.2, 0) is 0 Å². The molecule has 0 heterocycles. The summed E-state index contributed by atoms with van der Waals surface area (Å²) < 4.78 is 5.65. The fourth-order valence-electron chi connectivity index (χ4n) is 1.60. The Morgan fingerprint density at radius 2 is 2.12 bits per heavy atom. The van der Waals surface area contributed by atoms with E-state index < -0.39 is 0 Å². The standard InChI is InChI=1S/C14H22ClNO/c1-4-5-6-9-17-14-8-7-12(10-13(14)15)11(2)16-3/h7-8,10-11,16H,4-6,9H2,1-3H3. The lowest BCUT2D eigenvalue weighted by atomic mass is 10.1. The summed E-state index contributed by atoms with van der Waals surface area (Å²) in [5.74, 6) is 0.787. The molecular formula is C14H22ClNO. The van der Waals surface area contributed by atoms with Gasteiger partial charge in [-0.25, -0.2) is 0 Å². The van der Waals surface area contributed by atoms with Gasteiger partial charge in [-0.3, -0.25) is 0 Å². The molecule has 1 aromatic rings. The van der Waals surface area contributed by atoms with Gasteiger partial charge in [0, 0.05) is 6.04 Å². The van der Waals surface area contributed by atoms with E-state index in [9.17, 15) is 0 Å². The highest BCUT2D eigenvalue weighted by Gasteiger charge is 2.07. The molecule has 0 aliphatic carbocycles. The summed E-state index contributed by atoms with van der Waals surface area (Å²) in [5.41, 5.74) is 1.18. The maximum atomic E-state index is 6.19. The smallest absolute Gasteiger partial charge is 0.137 e. The lowest BCUT2D eigenvalue weighted by Crippen LogP contribution is -2.12. The number of benzene rings is 1. The molecule has 0 saturated heterocycles. The van der Waals surface area contributed by atoms with Gasteiger partial charge in [0.05, 0.1) is 11.6 Å². The van der Waals surface area contributed by atoms with Gasteiger partial charge >= 0.3 is 0 Å². The molecule has 3 heteroatoms. The van der Waals surface area contributed by atoms with Crippen molar-refractivity contribution in [2.24, 2.45) is 0 Å². The number of nitrogens with one attached hydrogen (secondary N) is 1. The number of halogens is 1. The second kappa shape index (κ2) is 7.57. The third-order valence-corrected chi connectivity index (χ3v) is 3.19. The molecule has 0 aliphatic rings. The SMILES string of the molecule is CCCCCOc1ccc(C(C)NC)cc1Cl. The number of hydrogen-bond donors (Lipinski definition) is 1. The van der Waals surface area contributed by atoms with Crippen LogP contribution < -0.4 is 10.1 Å². The number of ether oxygens (including phenoxy) is 1. The average Bonchev–Trinajstić information content (AvgIpc) is 2.35. The fraction of sp³-hybridized carbons (Fsp3) is 0.571. The number of unbranched alkanes of at least 4 members (excludes halogenated alkanes) is 2. The molecule has 0 radical (unpaired) electrons. The van der Waals surface area contributed by atoms with E-state index in [1.54, 1.807) is 0 Å². The fourth-order valence-corrected chi connectivity index (χ4v) is 1.85. The molecule has 96 valence electrons. The highest BCUT2D eigenvalue weighted by molar-refractivity contribution is 6.32. The van der Waals surface area contributed by atoms with Gasteiger partial charge in [0.2, 0.25) is 0 Å². The molecule has 0 aromatic heterocycles. The second-order valence-electron chi connectivity index (χ2n) is 4.26. The van der Waals surface area contributed by atoms with E-state index in [1.165, 1.54) is 18.4 Å². The summed E-state index contributed by atoms with van der Waals surface area (Å²) in [4.78, 5) is 0. The highest BCUT2D eigenvalue weighted by Crippen LogP contribution is 2.28. The van der Waals surface area contributed by atoms with Crippen LogP contribution in [0.15, 0.2) is 18.2 Å². The molecule has 1 rings (SSSR count). The van der Waals surface area contributed by atoms with E-state index in [4.69, 9.17) is 16.3 Å². The summed E-state index contributed by atoms with van der Waals surface area (Å²) in [6.45, 7) is 5.03. The van der Waals surface area contributed by atoms with Crippen molar-refractivity contribution in [1.29, 1.82) is 0 Å². The molecule has 0 bridgehead atoms. The Labute approximate surface area is 109 Å². The Morgan fingerprint density at radius 1 is 1.35 bits per heavy atom. The van der Waals surface area contributed by atoms with Gasteiger partial charge in [0.1, 0.15) is 5.75 Å². The van der Waals surface area contributed by atoms with Gasteiger partial charge < -0.3 is 10.1 Å². The zero-order valence-electron chi connectivity index (χ0n) is 10.9. The predicted octanol–water partition coefficient (Wildman–Crippen LogP) is 4.19. The van der Waals surface area contributed by atoms with Crippen molar-refractivity contribution < 1.29 is 4.74 Å². The lowest BCUT2D eigenvalue weighted by molar-refractivity contribution is 0.306. The Bertz CT molecular complexity index is 341. The van der Waals surface area contributed by atoms with Gasteiger partial charge in [-0.15, -0.1) is 0 Å². The Morgan fingerprint density at radius 3 is 2.71 bits per heavy atom. The monoisotopic (exact) mass is 255 g/mol. The summed E-state index contributed by atoms with van der Waals surface area (Å²) in [5, 5.41) is 3.88. The molecule has 0 saturated carbocycles. The maximum Gasteiger partial charge on any atom is 0.137 e. The van der Waals surface area contributed by atoms with Crippen molar-refractivity contribution in [3.63, 3.8) is 0 Å². The van der Waals surface area contributed by atoms with E-state index in [-0.39, 0.29) is 0 Å². The summed E-state index contributed by atoms with van der Waals surface area (Å²) in [6.07, 6.45) is 3.49. The zero-order chi connectivity index (χ0) is 12.7. The first-order valence-corrected chi connectivity index (χ1v) is 6.66. The van der Waals surface area contributed by atoms with Crippen LogP contribution in [0.1, 0.15) is 44.7 Å². The van der Waals surface area contributed by atoms with Crippen molar-refractivity contribution in [3.05, 3.63) is 28.8 Å². The second-order valence-corrected chi connectivity index (χ2v) is 4.66. The van der Waals surface area contributed by atoms with Crippen LogP contribution in [0.2, 0.25) is 5.02 Å². The summed E-state index contributed by atoms with van der Waals surface area (Å²) in [6, 6.07) is 6.29. The minimum atomic E-state index is 0.307. The summed E-state index contributed by atoms with van der Waals surface area (Å²) in [7, 11) is 1.94. The van der Waals surface area contributed by atoms with Gasteiger partial charge in [-0.2, -0.15) is 0 Å². The van der Waals surface area contributed by atoms with Gasteiger partial charge in [-0.1, -0.05) is 37.4 Å². The Balaban J connectivity index is 2.57. The maximum absolute atomic E-state index is 6.19. The van der Waals surface area contributed by atoms with Crippen LogP contribution in [0.3, 0.4) is 0 Å². The largest absolute Gasteiger partial charge is 0.492 e. The topological polar surface area (TPSA) is 21.3 Å². The van der Waals surface area contributed by atoms with Gasteiger partial charge in [0.25, 0.3) is 0 Å². The molecule has 2 nitrogen and oxygen atoms in total. The zero-order valence-corrected chi connectivity index (χ0v) is 11.7. The van der Waals surface area contributed by atoms with Crippen molar-refractivity contribution >= 4 is 11.6 Å². The van der Waals surface area contributed by atoms with Gasteiger partial charge in [-0.05, 0) is 38.1 Å². The van der Waals surface area contributed by atoms with Crippen molar-refractivity contribution in [3.8, 4) is 5.75 Å². The minimum absolute atomic E-state index is 0.307. The lowest BCUT2D eigenvalue weighted by Gasteiger charge is -2.13. The molecule has 1 unspecified atom stereocenters. The molecule has 0 aliphatic heterocycles. The average molecular weight is 256 g/mol. The minimum Gasteiger partial charge on any atom is -0.492 e. The third kappa shape index (κ3) is 4.57. The molecule has 0 fully saturated rings. The third-order valence-electron chi connectivity index (χ3n) is 2.89. The molecule has 17 heavy (non-hydrogen) atoms. The van der Waals surface area contributed by atoms with E-state index >= 15 is 0 Å². The normalized spacial score (nSPS) is 12.5. The Hall–Kier alpha value is -0.730. The molecule has 0 amide bonds. The first-order valence-electron chi connectivity index (χ1n) is 6.28. The van der Waals surface area contributed by atoms with Crippen LogP contribution >= 0.6 is 11.6 Å². The quantitative estimate of drug-likeness (QED) is 0.738. The van der Waals surface area contributed by atoms with E-state index in [2.05, 4.69) is 25.2 Å². The van der Waals surface area contributed by atoms with Crippen LogP contribution in [0.25, 0.3) is 0 Å². The van der Waals surface area contributed by atoms with Crippen molar-refractivity contribution in [2.75, 3.05) is 13.7 Å². The molecule has 1 N–H and O–H groups in total. The molecular weight excluding hydrogens is 234 g/mol. The van der Waals surface area contributed by atoms with Crippen LogP contribution in [-0.4, -0.2) is 13.7 Å². The first kappa shape index (κ1) is 14.3. The predicted molar refractivity (Wildman–Crippen MR) is 73.9 cm³/mol. The summed E-state index contributed by atoms with van der Waals surface area (Å²) >= 11 is 6.19. The first-order chi connectivity index (χ1) is 8.19. The van der Waals surface area contributed by atoms with E-state index in [1.807, 2.05) is 19.2 Å². The Kier molecular flexibility index (Phi) is 6.38. The molecule has 0 spiro atoms. The molecule has 1 aromatic carbocycles. The molecule has 1 atom stereocenters. The van der Waals surface area contributed by atoms with Crippen LogP contribution in [0.4, 0.5) is 0 Å². The van der Waals surface area contributed by atoms with Crippen LogP contribution in [0, 0.1) is 0 Å². The highest BCUT2D eigenvalue weighted by atomic mass is 35.5. The number of hydrogen-bond acceptors (Lipinski definition) is 2. The van der Waals surface area contributed by atoms with Crippen molar-refractivity contribution in [2.45, 2.75) is 39.2 Å². The van der Waals surface area contributed by atoms with Crippen molar-refractivity contribution in [1.82, 2.24) is 5.32 Å².